The molecule has 2 unspecified atom stereocenters. The summed E-state index contributed by atoms with van der Waals surface area (Å²) < 4.78 is 24.4. The SMILES string of the molecule is C=C(C)C(=O)ONCC(C)COS(=O)[O-]. The average molecular weight is 236 g/mol. The molecule has 0 aromatic rings. The Morgan fingerprint density at radius 3 is 2.73 bits per heavy atom. The molecule has 1 N–H and O–H groups in total. The van der Waals surface area contributed by atoms with Crippen LogP contribution in [-0.4, -0.2) is 27.9 Å². The van der Waals surface area contributed by atoms with E-state index in [-0.39, 0.29) is 18.1 Å². The number of hydrogen-bond acceptors (Lipinski definition) is 6. The highest BCUT2D eigenvalue weighted by Gasteiger charge is 2.06. The summed E-state index contributed by atoms with van der Waals surface area (Å²) in [4.78, 5) is 15.5. The maximum Gasteiger partial charge on any atom is 0.351 e. The normalized spacial score (nSPS) is 14.3. The molecule has 88 valence electrons. The van der Waals surface area contributed by atoms with Crippen molar-refractivity contribution in [1.29, 1.82) is 0 Å². The van der Waals surface area contributed by atoms with Gasteiger partial charge in [0, 0.05) is 12.1 Å². The molecule has 0 radical (unpaired) electrons. The van der Waals surface area contributed by atoms with Crippen molar-refractivity contribution in [3.8, 4) is 0 Å². The largest absolute Gasteiger partial charge is 0.750 e. The summed E-state index contributed by atoms with van der Waals surface area (Å²) in [5.74, 6) is -0.642. The fraction of sp³-hybridized carbons (Fsp3) is 0.625. The molecule has 0 amide bonds. The van der Waals surface area contributed by atoms with Gasteiger partial charge in [0.2, 0.25) is 0 Å². The number of hydrogen-bond donors (Lipinski definition) is 1. The summed E-state index contributed by atoms with van der Waals surface area (Å²) in [5.41, 5.74) is 2.68. The van der Waals surface area contributed by atoms with Gasteiger partial charge < -0.3 is 13.6 Å². The highest BCUT2D eigenvalue weighted by molar-refractivity contribution is 7.74. The minimum atomic E-state index is -2.51. The first-order valence-electron chi connectivity index (χ1n) is 4.25. The molecule has 0 aliphatic carbocycles. The lowest BCUT2D eigenvalue weighted by atomic mass is 10.2. The Morgan fingerprint density at radius 1 is 1.67 bits per heavy atom. The van der Waals surface area contributed by atoms with Crippen LogP contribution in [0.25, 0.3) is 0 Å². The van der Waals surface area contributed by atoms with Crippen molar-refractivity contribution in [2.75, 3.05) is 13.2 Å². The van der Waals surface area contributed by atoms with Gasteiger partial charge in [-0.05, 0) is 12.8 Å². The van der Waals surface area contributed by atoms with Crippen LogP contribution >= 0.6 is 0 Å². The summed E-state index contributed by atoms with van der Waals surface area (Å²) >= 11 is -2.51. The van der Waals surface area contributed by atoms with Gasteiger partial charge in [-0.2, -0.15) is 5.48 Å². The molecule has 0 saturated carbocycles. The number of nitrogens with one attached hydrogen (secondary N) is 1. The van der Waals surface area contributed by atoms with Gasteiger partial charge in [0.1, 0.15) is 0 Å². The second-order valence-corrected chi connectivity index (χ2v) is 3.76. The predicted molar refractivity (Wildman–Crippen MR) is 52.9 cm³/mol. The molecular formula is C8H14NO5S-. The fourth-order valence-corrected chi connectivity index (χ4v) is 0.911. The Bertz CT molecular complexity index is 255. The molecule has 0 fully saturated rings. The van der Waals surface area contributed by atoms with E-state index in [0.29, 0.717) is 6.54 Å². The lowest BCUT2D eigenvalue weighted by molar-refractivity contribution is -0.146. The fourth-order valence-electron chi connectivity index (χ4n) is 0.567. The van der Waals surface area contributed by atoms with E-state index in [9.17, 15) is 13.6 Å². The third-order valence-corrected chi connectivity index (χ3v) is 1.72. The van der Waals surface area contributed by atoms with Crippen LogP contribution in [0.4, 0.5) is 0 Å². The van der Waals surface area contributed by atoms with Gasteiger partial charge in [0.25, 0.3) is 0 Å². The molecule has 15 heavy (non-hydrogen) atoms. The maximum atomic E-state index is 10.9. The molecule has 0 aromatic carbocycles. The number of carbonyl (C=O) groups excluding carboxylic acids is 1. The lowest BCUT2D eigenvalue weighted by Crippen LogP contribution is -2.27. The highest BCUT2D eigenvalue weighted by Crippen LogP contribution is 1.96. The second kappa shape index (κ2) is 7.52. The van der Waals surface area contributed by atoms with E-state index < -0.39 is 17.3 Å². The van der Waals surface area contributed by atoms with Crippen LogP contribution in [0, 0.1) is 5.92 Å². The first kappa shape index (κ1) is 14.2. The van der Waals surface area contributed by atoms with Gasteiger partial charge in [0.15, 0.2) is 0 Å². The zero-order valence-corrected chi connectivity index (χ0v) is 9.46. The van der Waals surface area contributed by atoms with Crippen LogP contribution in [0.15, 0.2) is 12.2 Å². The molecule has 6 nitrogen and oxygen atoms in total. The van der Waals surface area contributed by atoms with Crippen molar-refractivity contribution in [2.24, 2.45) is 5.92 Å². The number of hydroxylamine groups is 1. The first-order valence-corrected chi connectivity index (χ1v) is 5.25. The van der Waals surface area contributed by atoms with Crippen molar-refractivity contribution in [3.63, 3.8) is 0 Å². The van der Waals surface area contributed by atoms with Crippen LogP contribution < -0.4 is 5.48 Å². The molecule has 0 aliphatic heterocycles. The van der Waals surface area contributed by atoms with E-state index in [1.54, 1.807) is 6.92 Å². The maximum absolute atomic E-state index is 10.9. The van der Waals surface area contributed by atoms with E-state index in [0.717, 1.165) is 0 Å². The molecule has 0 saturated heterocycles. The van der Waals surface area contributed by atoms with E-state index in [1.165, 1.54) is 6.92 Å². The van der Waals surface area contributed by atoms with Crippen molar-refractivity contribution < 1.29 is 22.6 Å². The van der Waals surface area contributed by atoms with Crippen LogP contribution in [0.1, 0.15) is 13.8 Å². The minimum absolute atomic E-state index is 0.0354. The van der Waals surface area contributed by atoms with Crippen molar-refractivity contribution in [3.05, 3.63) is 12.2 Å². The monoisotopic (exact) mass is 236 g/mol. The lowest BCUT2D eigenvalue weighted by Gasteiger charge is -2.13. The summed E-state index contributed by atoms with van der Waals surface area (Å²) in [6, 6.07) is 0. The Hall–Kier alpha value is -0.760. The topological polar surface area (TPSA) is 87.7 Å². The van der Waals surface area contributed by atoms with Gasteiger partial charge in [-0.1, -0.05) is 13.5 Å². The van der Waals surface area contributed by atoms with Crippen LogP contribution in [0.2, 0.25) is 0 Å². The van der Waals surface area contributed by atoms with Gasteiger partial charge in [-0.3, -0.25) is 0 Å². The van der Waals surface area contributed by atoms with E-state index >= 15 is 0 Å². The molecule has 0 heterocycles. The zero-order chi connectivity index (χ0) is 11.8. The summed E-state index contributed by atoms with van der Waals surface area (Å²) in [6.45, 7) is 7.00. The standard InChI is InChI=1S/C8H15NO5S/c1-6(2)8(10)14-9-4-7(3)5-13-15(11)12/h7,9H,1,4-5H2,2-3H3,(H,11,12)/p-1. The molecule has 0 bridgehead atoms. The number of rotatable bonds is 7. The summed E-state index contributed by atoms with van der Waals surface area (Å²) in [5, 5.41) is 0. The molecule has 0 aliphatic rings. The molecule has 0 aromatic heterocycles. The van der Waals surface area contributed by atoms with Gasteiger partial charge >= 0.3 is 5.97 Å². The molecule has 7 heteroatoms. The predicted octanol–water partition coefficient (Wildman–Crippen LogP) is 0.0571. The number of carbonyl (C=O) groups is 1. The molecule has 2 atom stereocenters. The molecule has 0 spiro atoms. The van der Waals surface area contributed by atoms with Crippen molar-refractivity contribution >= 4 is 17.3 Å². The Morgan fingerprint density at radius 2 is 2.27 bits per heavy atom. The Labute approximate surface area is 91.1 Å². The smallest absolute Gasteiger partial charge is 0.351 e. The third kappa shape index (κ3) is 8.25. The summed E-state index contributed by atoms with van der Waals surface area (Å²) in [6.07, 6.45) is 0. The zero-order valence-electron chi connectivity index (χ0n) is 8.65. The van der Waals surface area contributed by atoms with E-state index in [1.807, 2.05) is 0 Å². The highest BCUT2D eigenvalue weighted by atomic mass is 32.2. The summed E-state index contributed by atoms with van der Waals surface area (Å²) in [7, 11) is 0. The van der Waals surface area contributed by atoms with E-state index in [4.69, 9.17) is 0 Å². The Kier molecular flexibility index (Phi) is 7.14. The van der Waals surface area contributed by atoms with E-state index in [2.05, 4.69) is 21.1 Å². The van der Waals surface area contributed by atoms with Crippen LogP contribution in [0.5, 0.6) is 0 Å². The van der Waals surface area contributed by atoms with Crippen molar-refractivity contribution in [1.82, 2.24) is 5.48 Å². The molecule has 0 rings (SSSR count). The van der Waals surface area contributed by atoms with Crippen LogP contribution in [-0.2, 0) is 25.2 Å². The minimum Gasteiger partial charge on any atom is -0.750 e. The third-order valence-electron chi connectivity index (χ3n) is 1.39. The van der Waals surface area contributed by atoms with Gasteiger partial charge in [0.05, 0.1) is 18.0 Å². The Balaban J connectivity index is 3.54. The van der Waals surface area contributed by atoms with Crippen molar-refractivity contribution in [2.45, 2.75) is 13.8 Å². The van der Waals surface area contributed by atoms with Gasteiger partial charge in [-0.25, -0.2) is 9.00 Å². The second-order valence-electron chi connectivity index (χ2n) is 3.11. The average Bonchev–Trinajstić information content (AvgIpc) is 2.14. The molecular weight excluding hydrogens is 222 g/mol. The quantitative estimate of drug-likeness (QED) is 0.382. The van der Waals surface area contributed by atoms with Crippen LogP contribution in [0.3, 0.4) is 0 Å². The first-order chi connectivity index (χ1) is 6.93. The van der Waals surface area contributed by atoms with Gasteiger partial charge in [-0.15, -0.1) is 0 Å².